The summed E-state index contributed by atoms with van der Waals surface area (Å²) in [5.74, 6) is -0.191. The predicted octanol–water partition coefficient (Wildman–Crippen LogP) is 5.11. The number of aromatic nitrogens is 5. The molecule has 182 valence electrons. The van der Waals surface area contributed by atoms with Crippen LogP contribution in [0.25, 0.3) is 16.6 Å². The first-order valence-electron chi connectivity index (χ1n) is 11.7. The van der Waals surface area contributed by atoms with E-state index >= 15 is 0 Å². The number of fused-ring (bicyclic) bond motifs is 1. The van der Waals surface area contributed by atoms with Crippen LogP contribution in [0.5, 0.6) is 0 Å². The highest BCUT2D eigenvalue weighted by Crippen LogP contribution is 2.34. The molecule has 8 nitrogen and oxygen atoms in total. The molecule has 0 aliphatic carbocycles. The molecule has 0 aliphatic heterocycles. The fourth-order valence-electron chi connectivity index (χ4n) is 4.08. The van der Waals surface area contributed by atoms with Gasteiger partial charge in [-0.15, -0.1) is 0 Å². The van der Waals surface area contributed by atoms with Crippen LogP contribution < -0.4 is 0 Å². The molecule has 0 aromatic carbocycles. The molecule has 0 bridgehead atoms. The highest BCUT2D eigenvalue weighted by molar-refractivity contribution is 9.10. The summed E-state index contributed by atoms with van der Waals surface area (Å²) in [6, 6.07) is 6.25. The number of hydrogen-bond donors (Lipinski definition) is 0. The minimum Gasteiger partial charge on any atom is -0.466 e. The van der Waals surface area contributed by atoms with Gasteiger partial charge in [-0.2, -0.15) is 5.10 Å². The lowest BCUT2D eigenvalue weighted by molar-refractivity contribution is -0.143. The Morgan fingerprint density at radius 3 is 2.71 bits per heavy atom. The van der Waals surface area contributed by atoms with Crippen LogP contribution in [-0.2, 0) is 40.3 Å². The van der Waals surface area contributed by atoms with E-state index in [2.05, 4.69) is 56.0 Å². The third kappa shape index (κ3) is 6.10. The summed E-state index contributed by atoms with van der Waals surface area (Å²) >= 11 is 3.56. The maximum absolute atomic E-state index is 12.0. The zero-order chi connectivity index (χ0) is 24.6. The van der Waals surface area contributed by atoms with E-state index in [-0.39, 0.29) is 5.97 Å². The molecule has 0 unspecified atom stereocenters. The smallest absolute Gasteiger partial charge is 0.305 e. The van der Waals surface area contributed by atoms with Crippen molar-refractivity contribution in [3.05, 3.63) is 76.3 Å². The average molecular weight is 538 g/mol. The summed E-state index contributed by atoms with van der Waals surface area (Å²) in [4.78, 5) is 24.8. The molecule has 0 saturated carbocycles. The summed E-state index contributed by atoms with van der Waals surface area (Å²) in [6.07, 6.45) is 11.1. The standard InChI is InChI=1S/C26H28BrN5O3/c1-3-21-8-9-24-26(18-12-19(27)14-29-13-18)22(6-5-7-25(33)35-4-2)23(31-32(21)24)17-34-16-20-15-28-10-11-30-20/h8-15H,3-7,16-17H2,1-2H3. The Bertz CT molecular complexity index is 1290. The number of aryl methyl sites for hydroxylation is 1. The molecule has 4 aromatic heterocycles. The van der Waals surface area contributed by atoms with Crippen LogP contribution in [0.3, 0.4) is 0 Å². The van der Waals surface area contributed by atoms with Gasteiger partial charge in [-0.3, -0.25) is 19.7 Å². The quantitative estimate of drug-likeness (QED) is 0.245. The third-order valence-corrected chi connectivity index (χ3v) is 6.07. The number of nitrogens with zero attached hydrogens (tertiary/aromatic N) is 5. The van der Waals surface area contributed by atoms with Crippen molar-refractivity contribution in [2.45, 2.75) is 52.7 Å². The molecular weight excluding hydrogens is 510 g/mol. The molecule has 9 heteroatoms. The number of pyridine rings is 1. The second kappa shape index (κ2) is 12.0. The second-order valence-corrected chi connectivity index (χ2v) is 8.93. The van der Waals surface area contributed by atoms with Crippen LogP contribution in [0.15, 0.2) is 53.7 Å². The van der Waals surface area contributed by atoms with Gasteiger partial charge in [0.25, 0.3) is 0 Å². The molecule has 0 spiro atoms. The van der Waals surface area contributed by atoms with E-state index in [0.717, 1.165) is 50.2 Å². The fraction of sp³-hybridized carbons (Fsp3) is 0.346. The lowest BCUT2D eigenvalue weighted by Crippen LogP contribution is -2.11. The summed E-state index contributed by atoms with van der Waals surface area (Å²) in [7, 11) is 0. The van der Waals surface area contributed by atoms with Crippen LogP contribution in [0.1, 0.15) is 49.3 Å². The van der Waals surface area contributed by atoms with E-state index in [1.807, 2.05) is 17.6 Å². The first-order chi connectivity index (χ1) is 17.1. The van der Waals surface area contributed by atoms with Crippen LogP contribution >= 0.6 is 15.9 Å². The Balaban J connectivity index is 1.75. The van der Waals surface area contributed by atoms with Gasteiger partial charge in [-0.1, -0.05) is 6.92 Å². The number of rotatable bonds is 11. The lowest BCUT2D eigenvalue weighted by Gasteiger charge is -2.18. The number of carbonyl (C=O) groups is 1. The zero-order valence-corrected chi connectivity index (χ0v) is 21.5. The van der Waals surface area contributed by atoms with Gasteiger partial charge in [0, 0.05) is 52.5 Å². The second-order valence-electron chi connectivity index (χ2n) is 8.02. The predicted molar refractivity (Wildman–Crippen MR) is 136 cm³/mol. The molecule has 0 N–H and O–H groups in total. The fourth-order valence-corrected chi connectivity index (χ4v) is 4.45. The summed E-state index contributed by atoms with van der Waals surface area (Å²) in [5, 5.41) is 4.99. The number of esters is 1. The molecule has 0 fully saturated rings. The first-order valence-corrected chi connectivity index (χ1v) is 12.5. The van der Waals surface area contributed by atoms with Crippen molar-refractivity contribution < 1.29 is 14.3 Å². The minimum absolute atomic E-state index is 0.191. The zero-order valence-electron chi connectivity index (χ0n) is 19.9. The van der Waals surface area contributed by atoms with Crippen molar-refractivity contribution in [2.75, 3.05) is 6.61 Å². The van der Waals surface area contributed by atoms with E-state index in [1.165, 1.54) is 0 Å². The Hall–Kier alpha value is -3.17. The minimum atomic E-state index is -0.191. The van der Waals surface area contributed by atoms with Gasteiger partial charge in [0.2, 0.25) is 0 Å². The van der Waals surface area contributed by atoms with Crippen LogP contribution in [0.4, 0.5) is 0 Å². The summed E-state index contributed by atoms with van der Waals surface area (Å²) < 4.78 is 14.0. The largest absolute Gasteiger partial charge is 0.466 e. The van der Waals surface area contributed by atoms with Gasteiger partial charge >= 0.3 is 5.97 Å². The van der Waals surface area contributed by atoms with E-state index in [1.54, 1.807) is 24.8 Å². The van der Waals surface area contributed by atoms with Gasteiger partial charge in [0.15, 0.2) is 0 Å². The van der Waals surface area contributed by atoms with Crippen molar-refractivity contribution in [1.29, 1.82) is 0 Å². The molecule has 4 heterocycles. The van der Waals surface area contributed by atoms with E-state index in [9.17, 15) is 4.79 Å². The average Bonchev–Trinajstić information content (AvgIpc) is 3.27. The van der Waals surface area contributed by atoms with Crippen LogP contribution in [0.2, 0.25) is 0 Å². The maximum Gasteiger partial charge on any atom is 0.305 e. The van der Waals surface area contributed by atoms with Crippen LogP contribution in [0, 0.1) is 0 Å². The van der Waals surface area contributed by atoms with Crippen molar-refractivity contribution in [1.82, 2.24) is 24.6 Å². The Morgan fingerprint density at radius 2 is 1.97 bits per heavy atom. The van der Waals surface area contributed by atoms with Gasteiger partial charge in [0.1, 0.15) is 0 Å². The molecule has 4 rings (SSSR count). The molecule has 4 aromatic rings. The van der Waals surface area contributed by atoms with Crippen molar-refractivity contribution >= 4 is 27.4 Å². The molecule has 0 atom stereocenters. The Labute approximate surface area is 212 Å². The topological polar surface area (TPSA) is 91.5 Å². The molecule has 0 aliphatic rings. The highest BCUT2D eigenvalue weighted by Gasteiger charge is 2.20. The van der Waals surface area contributed by atoms with E-state index in [0.29, 0.717) is 39.1 Å². The van der Waals surface area contributed by atoms with Gasteiger partial charge in [-0.25, -0.2) is 4.52 Å². The summed E-state index contributed by atoms with van der Waals surface area (Å²) in [6.45, 7) is 4.94. The number of carbonyl (C=O) groups excluding carboxylic acids is 1. The number of hydrogen-bond acceptors (Lipinski definition) is 7. The van der Waals surface area contributed by atoms with Crippen LogP contribution in [-0.4, -0.2) is 37.1 Å². The molecule has 0 saturated heterocycles. The number of ether oxygens (including phenoxy) is 2. The molecule has 35 heavy (non-hydrogen) atoms. The molecular formula is C26H28BrN5O3. The van der Waals surface area contributed by atoms with Crippen molar-refractivity contribution in [2.24, 2.45) is 0 Å². The highest BCUT2D eigenvalue weighted by atomic mass is 79.9. The van der Waals surface area contributed by atoms with Crippen molar-refractivity contribution in [3.63, 3.8) is 0 Å². The SMILES string of the molecule is CCOC(=O)CCCc1c(COCc2cnccn2)nn2c(CC)ccc2c1-c1cncc(Br)c1. The number of halogens is 1. The van der Waals surface area contributed by atoms with Gasteiger partial charge in [-0.05, 0) is 65.9 Å². The first kappa shape index (κ1) is 24.9. The van der Waals surface area contributed by atoms with Crippen molar-refractivity contribution in [3.8, 4) is 11.1 Å². The van der Waals surface area contributed by atoms with E-state index in [4.69, 9.17) is 14.6 Å². The molecule has 0 amide bonds. The lowest BCUT2D eigenvalue weighted by atomic mass is 9.95. The molecule has 0 radical (unpaired) electrons. The Morgan fingerprint density at radius 1 is 1.09 bits per heavy atom. The van der Waals surface area contributed by atoms with Gasteiger partial charge in [0.05, 0.1) is 42.9 Å². The maximum atomic E-state index is 12.0. The third-order valence-electron chi connectivity index (χ3n) is 5.63. The normalized spacial score (nSPS) is 11.2. The monoisotopic (exact) mass is 537 g/mol. The Kier molecular flexibility index (Phi) is 8.54. The summed E-state index contributed by atoms with van der Waals surface area (Å²) in [5.41, 5.74) is 6.77. The van der Waals surface area contributed by atoms with Gasteiger partial charge < -0.3 is 9.47 Å². The van der Waals surface area contributed by atoms with E-state index < -0.39 is 0 Å².